The summed E-state index contributed by atoms with van der Waals surface area (Å²) in [6.07, 6.45) is 1.32. The van der Waals surface area contributed by atoms with Gasteiger partial charge in [0.05, 0.1) is 19.3 Å². The van der Waals surface area contributed by atoms with Crippen LogP contribution < -0.4 is 5.32 Å². The second kappa shape index (κ2) is 8.86. The smallest absolute Gasteiger partial charge is 0.0897 e. The van der Waals surface area contributed by atoms with Crippen molar-refractivity contribution in [1.82, 2.24) is 5.32 Å². The SMILES string of the molecule is O=S1CCC(NCC(O)COCc2ccc(Cl)cc2)CC1. The van der Waals surface area contributed by atoms with Crippen molar-refractivity contribution in [3.8, 4) is 0 Å². The minimum atomic E-state index is -0.640. The maximum absolute atomic E-state index is 11.2. The van der Waals surface area contributed by atoms with Gasteiger partial charge in [0.1, 0.15) is 0 Å². The van der Waals surface area contributed by atoms with Gasteiger partial charge in [0.2, 0.25) is 0 Å². The zero-order valence-electron chi connectivity index (χ0n) is 12.0. The molecule has 6 heteroatoms. The molecule has 4 nitrogen and oxygen atoms in total. The van der Waals surface area contributed by atoms with Crippen molar-refractivity contribution in [2.45, 2.75) is 31.6 Å². The van der Waals surface area contributed by atoms with E-state index in [2.05, 4.69) is 5.32 Å². The Kier molecular flexibility index (Phi) is 7.13. The average molecular weight is 332 g/mol. The molecular formula is C15H22ClNO3S. The quantitative estimate of drug-likeness (QED) is 0.798. The fourth-order valence-electron chi connectivity index (χ4n) is 2.25. The molecule has 1 fully saturated rings. The number of halogens is 1. The van der Waals surface area contributed by atoms with E-state index in [1.165, 1.54) is 0 Å². The second-order valence-electron chi connectivity index (χ2n) is 5.33. The number of nitrogens with one attached hydrogen (secondary N) is 1. The lowest BCUT2D eigenvalue weighted by Gasteiger charge is -2.24. The number of ether oxygens (including phenoxy) is 1. The van der Waals surface area contributed by atoms with Crippen LogP contribution in [0, 0.1) is 0 Å². The standard InChI is InChI=1S/C15H22ClNO3S/c16-13-3-1-12(2-4-13)10-20-11-15(18)9-17-14-5-7-21(19)8-6-14/h1-4,14-15,17-18H,5-11H2. The Morgan fingerprint density at radius 1 is 1.33 bits per heavy atom. The van der Waals surface area contributed by atoms with Gasteiger partial charge in [0, 0.05) is 39.9 Å². The number of benzene rings is 1. The second-order valence-corrected chi connectivity index (χ2v) is 7.46. The Labute approximate surface area is 133 Å². The van der Waals surface area contributed by atoms with Gasteiger partial charge >= 0.3 is 0 Å². The minimum absolute atomic E-state index is 0.300. The zero-order chi connectivity index (χ0) is 15.1. The molecule has 0 bridgehead atoms. The van der Waals surface area contributed by atoms with Crippen LogP contribution in [0.3, 0.4) is 0 Å². The van der Waals surface area contributed by atoms with Gasteiger partial charge in [-0.25, -0.2) is 0 Å². The highest BCUT2D eigenvalue weighted by molar-refractivity contribution is 7.85. The van der Waals surface area contributed by atoms with E-state index in [9.17, 15) is 9.32 Å². The van der Waals surface area contributed by atoms with E-state index in [0.717, 1.165) is 29.9 Å². The van der Waals surface area contributed by atoms with Gasteiger partial charge in [-0.2, -0.15) is 0 Å². The van der Waals surface area contributed by atoms with Gasteiger partial charge in [0.15, 0.2) is 0 Å². The van der Waals surface area contributed by atoms with Gasteiger partial charge in [-0.05, 0) is 30.5 Å². The van der Waals surface area contributed by atoms with Gasteiger partial charge < -0.3 is 15.2 Å². The molecule has 2 rings (SSSR count). The largest absolute Gasteiger partial charge is 0.389 e. The van der Waals surface area contributed by atoms with E-state index in [4.69, 9.17) is 16.3 Å². The third-order valence-corrected chi connectivity index (χ3v) is 5.16. The maximum Gasteiger partial charge on any atom is 0.0897 e. The molecule has 1 heterocycles. The summed E-state index contributed by atoms with van der Waals surface area (Å²) >= 11 is 5.81. The van der Waals surface area contributed by atoms with Crippen molar-refractivity contribution in [2.75, 3.05) is 24.7 Å². The van der Waals surface area contributed by atoms with Crippen molar-refractivity contribution in [3.63, 3.8) is 0 Å². The molecular weight excluding hydrogens is 310 g/mol. The van der Waals surface area contributed by atoms with Crippen LogP contribution >= 0.6 is 11.6 Å². The molecule has 1 unspecified atom stereocenters. The first kappa shape index (κ1) is 16.9. The number of hydrogen-bond donors (Lipinski definition) is 2. The molecule has 0 amide bonds. The summed E-state index contributed by atoms with van der Waals surface area (Å²) in [7, 11) is -0.640. The molecule has 0 aromatic heterocycles. The van der Waals surface area contributed by atoms with Crippen LogP contribution in [0.1, 0.15) is 18.4 Å². The van der Waals surface area contributed by atoms with Gasteiger partial charge in [-0.3, -0.25) is 4.21 Å². The normalized spacial score (nSPS) is 23.9. The lowest BCUT2D eigenvalue weighted by Crippen LogP contribution is -2.41. The third kappa shape index (κ3) is 6.45. The Morgan fingerprint density at radius 2 is 2.00 bits per heavy atom. The minimum Gasteiger partial charge on any atom is -0.389 e. The zero-order valence-corrected chi connectivity index (χ0v) is 13.5. The highest BCUT2D eigenvalue weighted by atomic mass is 35.5. The molecule has 1 aliphatic rings. The molecule has 0 saturated carbocycles. The number of rotatable bonds is 7. The summed E-state index contributed by atoms with van der Waals surface area (Å²) in [4.78, 5) is 0. The predicted molar refractivity (Wildman–Crippen MR) is 86.0 cm³/mol. The fraction of sp³-hybridized carbons (Fsp3) is 0.600. The Morgan fingerprint density at radius 3 is 2.67 bits per heavy atom. The van der Waals surface area contributed by atoms with E-state index < -0.39 is 16.9 Å². The molecule has 0 spiro atoms. The molecule has 21 heavy (non-hydrogen) atoms. The van der Waals surface area contributed by atoms with Crippen molar-refractivity contribution >= 4 is 22.4 Å². The van der Waals surface area contributed by atoms with E-state index in [0.29, 0.717) is 30.8 Å². The Balaban J connectivity index is 1.58. The maximum atomic E-state index is 11.2. The van der Waals surface area contributed by atoms with Gasteiger partial charge in [-0.1, -0.05) is 23.7 Å². The van der Waals surface area contributed by atoms with E-state index in [-0.39, 0.29) is 0 Å². The van der Waals surface area contributed by atoms with Gasteiger partial charge in [0.25, 0.3) is 0 Å². The average Bonchev–Trinajstić information content (AvgIpc) is 2.49. The summed E-state index contributed by atoms with van der Waals surface area (Å²) in [6.45, 7) is 1.28. The van der Waals surface area contributed by atoms with Crippen molar-refractivity contribution in [1.29, 1.82) is 0 Å². The lowest BCUT2D eigenvalue weighted by atomic mass is 10.1. The van der Waals surface area contributed by atoms with E-state index >= 15 is 0 Å². The molecule has 1 atom stereocenters. The van der Waals surface area contributed by atoms with Gasteiger partial charge in [-0.15, -0.1) is 0 Å². The molecule has 0 radical (unpaired) electrons. The molecule has 1 aliphatic heterocycles. The summed E-state index contributed by atoms with van der Waals surface area (Å²) in [5, 5.41) is 13.9. The van der Waals surface area contributed by atoms with Crippen LogP contribution in [0.15, 0.2) is 24.3 Å². The van der Waals surface area contributed by atoms with Crippen LogP contribution in [0.4, 0.5) is 0 Å². The van der Waals surface area contributed by atoms with E-state index in [1.807, 2.05) is 24.3 Å². The fourth-order valence-corrected chi connectivity index (χ4v) is 3.68. The summed E-state index contributed by atoms with van der Waals surface area (Å²) in [5.41, 5.74) is 1.04. The first-order chi connectivity index (χ1) is 10.1. The first-order valence-electron chi connectivity index (χ1n) is 7.22. The predicted octanol–water partition coefficient (Wildman–Crippen LogP) is 1.72. The number of hydrogen-bond acceptors (Lipinski definition) is 4. The molecule has 118 valence electrons. The summed E-state index contributed by atoms with van der Waals surface area (Å²) in [5.74, 6) is 1.53. The molecule has 2 N–H and O–H groups in total. The van der Waals surface area contributed by atoms with Crippen molar-refractivity contribution in [2.24, 2.45) is 0 Å². The molecule has 1 saturated heterocycles. The van der Waals surface area contributed by atoms with Crippen LogP contribution in [0.5, 0.6) is 0 Å². The monoisotopic (exact) mass is 331 g/mol. The summed E-state index contributed by atoms with van der Waals surface area (Å²) < 4.78 is 16.7. The highest BCUT2D eigenvalue weighted by Crippen LogP contribution is 2.11. The topological polar surface area (TPSA) is 58.6 Å². The lowest BCUT2D eigenvalue weighted by molar-refractivity contribution is 0.0275. The summed E-state index contributed by atoms with van der Waals surface area (Å²) in [6, 6.07) is 7.84. The van der Waals surface area contributed by atoms with Crippen LogP contribution in [-0.4, -0.2) is 46.1 Å². The number of aliphatic hydroxyl groups is 1. The van der Waals surface area contributed by atoms with Crippen LogP contribution in [0.2, 0.25) is 5.02 Å². The van der Waals surface area contributed by atoms with Crippen LogP contribution in [-0.2, 0) is 22.1 Å². The molecule has 1 aromatic carbocycles. The Hall–Kier alpha value is -0.460. The van der Waals surface area contributed by atoms with Crippen LogP contribution in [0.25, 0.3) is 0 Å². The molecule has 0 aliphatic carbocycles. The van der Waals surface area contributed by atoms with Crippen molar-refractivity contribution < 1.29 is 14.1 Å². The third-order valence-electron chi connectivity index (χ3n) is 3.52. The Bertz CT molecular complexity index is 445. The molecule has 1 aromatic rings. The first-order valence-corrected chi connectivity index (χ1v) is 9.08. The number of aliphatic hydroxyl groups excluding tert-OH is 1. The van der Waals surface area contributed by atoms with Crippen molar-refractivity contribution in [3.05, 3.63) is 34.9 Å². The highest BCUT2D eigenvalue weighted by Gasteiger charge is 2.18. The van der Waals surface area contributed by atoms with E-state index in [1.54, 1.807) is 0 Å².